The molecule has 3 unspecified atom stereocenters. The highest BCUT2D eigenvalue weighted by molar-refractivity contribution is 7.16. The maximum Gasteiger partial charge on any atom is 0.253 e. The monoisotopic (exact) mass is 288 g/mol. The van der Waals surface area contributed by atoms with Gasteiger partial charge in [0.25, 0.3) is 5.91 Å². The average Bonchev–Trinajstić information content (AvgIpc) is 3.14. The Balaban J connectivity index is 1.58. The van der Waals surface area contributed by atoms with Crippen LogP contribution in [0.1, 0.15) is 23.2 Å². The number of hydrogen-bond donors (Lipinski definition) is 1. The lowest BCUT2D eigenvalue weighted by Gasteiger charge is -2.18. The molecule has 20 heavy (non-hydrogen) atoms. The van der Waals surface area contributed by atoms with Crippen molar-refractivity contribution in [1.29, 1.82) is 0 Å². The minimum Gasteiger partial charge on any atom is -0.393 e. The maximum absolute atomic E-state index is 12.6. The third-order valence-electron chi connectivity index (χ3n) is 4.68. The Kier molecular flexibility index (Phi) is 2.79. The van der Waals surface area contributed by atoms with Crippen molar-refractivity contribution < 1.29 is 9.90 Å². The number of fused-ring (bicyclic) bond motifs is 2. The van der Waals surface area contributed by atoms with Crippen LogP contribution in [-0.2, 0) is 0 Å². The Hall–Kier alpha value is -1.46. The molecule has 1 saturated carbocycles. The lowest BCUT2D eigenvalue weighted by atomic mass is 10.00. The van der Waals surface area contributed by atoms with E-state index in [4.69, 9.17) is 0 Å². The summed E-state index contributed by atoms with van der Waals surface area (Å²) in [6.45, 7) is 1.49. The molecule has 2 aromatic rings. The van der Waals surface area contributed by atoms with Gasteiger partial charge in [-0.3, -0.25) is 4.79 Å². The van der Waals surface area contributed by atoms with Crippen LogP contribution in [0.5, 0.6) is 0 Å². The van der Waals surface area contributed by atoms with Crippen LogP contribution in [0, 0.1) is 11.8 Å². The molecule has 4 rings (SSSR count). The van der Waals surface area contributed by atoms with Crippen molar-refractivity contribution >= 4 is 27.5 Å². The fourth-order valence-corrected chi connectivity index (χ4v) is 4.29. The van der Waals surface area contributed by atoms with E-state index in [2.05, 4.69) is 4.98 Å². The summed E-state index contributed by atoms with van der Waals surface area (Å²) in [5.74, 6) is 0.856. The molecule has 3 atom stereocenters. The minimum absolute atomic E-state index is 0.0851. The van der Waals surface area contributed by atoms with Crippen molar-refractivity contribution in [2.75, 3.05) is 13.1 Å². The van der Waals surface area contributed by atoms with Crippen LogP contribution in [-0.4, -0.2) is 40.1 Å². The fourth-order valence-electron chi connectivity index (χ4n) is 3.57. The van der Waals surface area contributed by atoms with E-state index < -0.39 is 0 Å². The van der Waals surface area contributed by atoms with Gasteiger partial charge in [0.2, 0.25) is 0 Å². The minimum atomic E-state index is -0.221. The summed E-state index contributed by atoms with van der Waals surface area (Å²) >= 11 is 1.56. The number of carbonyl (C=O) groups is 1. The number of hydrogen-bond acceptors (Lipinski definition) is 4. The molecule has 4 nitrogen and oxygen atoms in total. The highest BCUT2D eigenvalue weighted by atomic mass is 32.1. The van der Waals surface area contributed by atoms with Crippen LogP contribution in [0.25, 0.3) is 10.2 Å². The summed E-state index contributed by atoms with van der Waals surface area (Å²) in [6, 6.07) is 5.69. The van der Waals surface area contributed by atoms with E-state index in [1.807, 2.05) is 23.1 Å². The molecule has 1 aromatic carbocycles. The number of aliphatic hydroxyl groups is 1. The number of thiazole rings is 1. The molecule has 1 aliphatic carbocycles. The van der Waals surface area contributed by atoms with E-state index in [0.717, 1.165) is 35.2 Å². The number of aromatic nitrogens is 1. The number of likely N-dealkylation sites (tertiary alicyclic amines) is 1. The maximum atomic E-state index is 12.6. The first-order chi connectivity index (χ1) is 9.72. The van der Waals surface area contributed by atoms with Crippen LogP contribution in [0.15, 0.2) is 23.7 Å². The van der Waals surface area contributed by atoms with Crippen LogP contribution < -0.4 is 0 Å². The summed E-state index contributed by atoms with van der Waals surface area (Å²) in [6.07, 6.45) is 1.72. The molecule has 1 aromatic heterocycles. The van der Waals surface area contributed by atoms with Crippen molar-refractivity contribution in [3.8, 4) is 0 Å². The zero-order chi connectivity index (χ0) is 13.7. The second-order valence-corrected chi connectivity index (χ2v) is 6.70. The first-order valence-corrected chi connectivity index (χ1v) is 7.91. The highest BCUT2D eigenvalue weighted by Gasteiger charge is 2.43. The Morgan fingerprint density at radius 3 is 3.10 bits per heavy atom. The number of benzene rings is 1. The van der Waals surface area contributed by atoms with Crippen molar-refractivity contribution in [3.63, 3.8) is 0 Å². The molecule has 0 bridgehead atoms. The van der Waals surface area contributed by atoms with Crippen LogP contribution in [0.3, 0.4) is 0 Å². The van der Waals surface area contributed by atoms with Gasteiger partial charge in [0.15, 0.2) is 0 Å². The number of amides is 1. The summed E-state index contributed by atoms with van der Waals surface area (Å²) < 4.78 is 1.05. The largest absolute Gasteiger partial charge is 0.393 e. The molecule has 2 heterocycles. The Morgan fingerprint density at radius 2 is 2.25 bits per heavy atom. The van der Waals surface area contributed by atoms with E-state index in [0.29, 0.717) is 12.5 Å². The molecule has 1 amide bonds. The topological polar surface area (TPSA) is 53.4 Å². The summed E-state index contributed by atoms with van der Waals surface area (Å²) in [4.78, 5) is 18.7. The third-order valence-corrected chi connectivity index (χ3v) is 5.48. The van der Waals surface area contributed by atoms with Gasteiger partial charge in [0, 0.05) is 24.6 Å². The predicted octanol–water partition coefficient (Wildman–Crippen LogP) is 2.14. The molecule has 104 valence electrons. The lowest BCUT2D eigenvalue weighted by Crippen LogP contribution is -2.31. The first kappa shape index (κ1) is 12.3. The molecular weight excluding hydrogens is 272 g/mol. The third kappa shape index (κ3) is 1.84. The smallest absolute Gasteiger partial charge is 0.253 e. The lowest BCUT2D eigenvalue weighted by molar-refractivity contribution is 0.0752. The van der Waals surface area contributed by atoms with Gasteiger partial charge in [0.05, 0.1) is 21.8 Å². The summed E-state index contributed by atoms with van der Waals surface area (Å²) in [5, 5.41) is 9.94. The molecule has 2 fully saturated rings. The van der Waals surface area contributed by atoms with Crippen molar-refractivity contribution in [2.45, 2.75) is 18.9 Å². The van der Waals surface area contributed by atoms with Crippen LogP contribution in [0.2, 0.25) is 0 Å². The van der Waals surface area contributed by atoms with Gasteiger partial charge in [-0.1, -0.05) is 0 Å². The van der Waals surface area contributed by atoms with Gasteiger partial charge in [0.1, 0.15) is 0 Å². The molecule has 1 saturated heterocycles. The van der Waals surface area contributed by atoms with Gasteiger partial charge in [-0.2, -0.15) is 0 Å². The first-order valence-electron chi connectivity index (χ1n) is 7.03. The second-order valence-electron chi connectivity index (χ2n) is 5.81. The summed E-state index contributed by atoms with van der Waals surface area (Å²) in [7, 11) is 0. The molecule has 0 spiro atoms. The molecule has 5 heteroatoms. The standard InChI is InChI=1S/C15H16N2O2S/c18-13-4-2-10-6-17(7-11(10)13)15(19)9-1-3-12-14(5-9)20-8-16-12/h1,3,5,8,10-11,13,18H,2,4,6-7H2. The number of nitrogens with zero attached hydrogens (tertiary/aromatic N) is 2. The Morgan fingerprint density at radius 1 is 1.35 bits per heavy atom. The van der Waals surface area contributed by atoms with E-state index in [1.54, 1.807) is 16.8 Å². The second kappa shape index (κ2) is 4.53. The highest BCUT2D eigenvalue weighted by Crippen LogP contribution is 2.38. The van der Waals surface area contributed by atoms with Crippen molar-refractivity contribution in [2.24, 2.45) is 11.8 Å². The van der Waals surface area contributed by atoms with E-state index in [1.165, 1.54) is 0 Å². The van der Waals surface area contributed by atoms with Gasteiger partial charge in [-0.25, -0.2) is 4.98 Å². The Labute approximate surface area is 121 Å². The average molecular weight is 288 g/mol. The van der Waals surface area contributed by atoms with E-state index in [-0.39, 0.29) is 17.9 Å². The van der Waals surface area contributed by atoms with Crippen molar-refractivity contribution in [3.05, 3.63) is 29.3 Å². The van der Waals surface area contributed by atoms with Crippen molar-refractivity contribution in [1.82, 2.24) is 9.88 Å². The number of rotatable bonds is 1. The molecule has 2 aliphatic rings. The normalized spacial score (nSPS) is 29.1. The molecule has 0 radical (unpaired) electrons. The summed E-state index contributed by atoms with van der Waals surface area (Å²) in [5.41, 5.74) is 3.48. The zero-order valence-electron chi connectivity index (χ0n) is 11.0. The van der Waals surface area contributed by atoms with Gasteiger partial charge in [-0.15, -0.1) is 11.3 Å². The quantitative estimate of drug-likeness (QED) is 0.874. The predicted molar refractivity (Wildman–Crippen MR) is 77.7 cm³/mol. The fraction of sp³-hybridized carbons (Fsp3) is 0.467. The molecular formula is C15H16N2O2S. The Bertz CT molecular complexity index is 669. The van der Waals surface area contributed by atoms with Gasteiger partial charge in [-0.05, 0) is 37.0 Å². The molecule has 1 aliphatic heterocycles. The number of aliphatic hydroxyl groups excluding tert-OH is 1. The molecule has 1 N–H and O–H groups in total. The SMILES string of the molecule is O=C(c1ccc2ncsc2c1)N1CC2CCC(O)C2C1. The van der Waals surface area contributed by atoms with Gasteiger partial charge >= 0.3 is 0 Å². The zero-order valence-corrected chi connectivity index (χ0v) is 11.8. The number of carbonyl (C=O) groups excluding carboxylic acids is 1. The van der Waals surface area contributed by atoms with E-state index >= 15 is 0 Å². The van der Waals surface area contributed by atoms with E-state index in [9.17, 15) is 9.90 Å². The van der Waals surface area contributed by atoms with Crippen LogP contribution >= 0.6 is 11.3 Å². The van der Waals surface area contributed by atoms with Crippen LogP contribution in [0.4, 0.5) is 0 Å². The van der Waals surface area contributed by atoms with Gasteiger partial charge < -0.3 is 10.0 Å².